The van der Waals surface area contributed by atoms with E-state index in [2.05, 4.69) is 5.32 Å². The second-order valence-corrected chi connectivity index (χ2v) is 5.50. The normalized spacial score (nSPS) is 13.4. The van der Waals surface area contributed by atoms with Crippen LogP contribution in [0.3, 0.4) is 0 Å². The Morgan fingerprint density at radius 1 is 1.26 bits per heavy atom. The standard InChI is InChI=1S/C18H19FN2O2/c1-23-16-8-9-17-13(11-16)3-2-10-21(17)18(22)12-20-15-6-4-14(19)5-7-15/h4-9,11,20H,2-3,10,12H2,1H3. The highest BCUT2D eigenvalue weighted by Crippen LogP contribution is 2.30. The van der Waals surface area contributed by atoms with Crippen molar-refractivity contribution < 1.29 is 13.9 Å². The molecule has 0 aromatic heterocycles. The van der Waals surface area contributed by atoms with Gasteiger partial charge >= 0.3 is 0 Å². The number of hydrogen-bond acceptors (Lipinski definition) is 3. The van der Waals surface area contributed by atoms with Crippen molar-refractivity contribution in [2.45, 2.75) is 12.8 Å². The lowest BCUT2D eigenvalue weighted by Crippen LogP contribution is -2.39. The number of nitrogens with zero attached hydrogens (tertiary/aromatic N) is 1. The van der Waals surface area contributed by atoms with Crippen molar-refractivity contribution in [3.8, 4) is 5.75 Å². The molecule has 1 N–H and O–H groups in total. The number of ether oxygens (including phenoxy) is 1. The SMILES string of the molecule is COc1ccc2c(c1)CCCN2C(=O)CNc1ccc(F)cc1. The van der Waals surface area contributed by atoms with Crippen LogP contribution in [0, 0.1) is 5.82 Å². The molecule has 1 aliphatic heterocycles. The van der Waals surface area contributed by atoms with E-state index in [1.807, 2.05) is 18.2 Å². The number of carbonyl (C=O) groups is 1. The Morgan fingerprint density at radius 3 is 2.78 bits per heavy atom. The van der Waals surface area contributed by atoms with Gasteiger partial charge in [-0.15, -0.1) is 0 Å². The summed E-state index contributed by atoms with van der Waals surface area (Å²) in [7, 11) is 1.64. The van der Waals surface area contributed by atoms with Crippen LogP contribution in [-0.2, 0) is 11.2 Å². The molecule has 0 atom stereocenters. The maximum absolute atomic E-state index is 12.9. The Kier molecular flexibility index (Phi) is 4.46. The molecule has 0 saturated heterocycles. The van der Waals surface area contributed by atoms with Crippen molar-refractivity contribution in [3.05, 3.63) is 53.8 Å². The van der Waals surface area contributed by atoms with E-state index in [1.54, 1.807) is 24.1 Å². The Bertz CT molecular complexity index is 701. The summed E-state index contributed by atoms with van der Waals surface area (Å²) in [6.45, 7) is 0.889. The second kappa shape index (κ2) is 6.69. The Morgan fingerprint density at radius 2 is 2.04 bits per heavy atom. The molecule has 5 heteroatoms. The predicted molar refractivity (Wildman–Crippen MR) is 88.6 cm³/mol. The van der Waals surface area contributed by atoms with Crippen molar-refractivity contribution in [2.24, 2.45) is 0 Å². The van der Waals surface area contributed by atoms with Gasteiger partial charge < -0.3 is 15.0 Å². The number of rotatable bonds is 4. The van der Waals surface area contributed by atoms with Gasteiger partial charge in [0.2, 0.25) is 5.91 Å². The van der Waals surface area contributed by atoms with E-state index in [-0.39, 0.29) is 18.3 Å². The van der Waals surface area contributed by atoms with Gasteiger partial charge in [-0.1, -0.05) is 0 Å². The van der Waals surface area contributed by atoms with Crippen molar-refractivity contribution in [1.82, 2.24) is 0 Å². The molecule has 0 fully saturated rings. The molecule has 4 nitrogen and oxygen atoms in total. The number of methoxy groups -OCH3 is 1. The number of fused-ring (bicyclic) bond motifs is 1. The highest BCUT2D eigenvalue weighted by Gasteiger charge is 2.22. The van der Waals surface area contributed by atoms with E-state index >= 15 is 0 Å². The van der Waals surface area contributed by atoms with Crippen LogP contribution in [0.2, 0.25) is 0 Å². The van der Waals surface area contributed by atoms with Crippen LogP contribution < -0.4 is 15.0 Å². The molecule has 1 amide bonds. The maximum atomic E-state index is 12.9. The third-order valence-corrected chi connectivity index (χ3v) is 3.99. The molecule has 23 heavy (non-hydrogen) atoms. The topological polar surface area (TPSA) is 41.6 Å². The first-order chi connectivity index (χ1) is 11.2. The summed E-state index contributed by atoms with van der Waals surface area (Å²) in [6.07, 6.45) is 1.88. The molecular formula is C18H19FN2O2. The fraction of sp³-hybridized carbons (Fsp3) is 0.278. The number of amides is 1. The minimum absolute atomic E-state index is 0.000409. The van der Waals surface area contributed by atoms with Gasteiger partial charge in [-0.3, -0.25) is 4.79 Å². The lowest BCUT2D eigenvalue weighted by molar-refractivity contribution is -0.117. The highest BCUT2D eigenvalue weighted by atomic mass is 19.1. The van der Waals surface area contributed by atoms with Gasteiger partial charge in [0.25, 0.3) is 0 Å². The molecular weight excluding hydrogens is 295 g/mol. The number of benzene rings is 2. The minimum atomic E-state index is -0.291. The molecule has 3 rings (SSSR count). The number of hydrogen-bond donors (Lipinski definition) is 1. The Labute approximate surface area is 134 Å². The summed E-state index contributed by atoms with van der Waals surface area (Å²) in [5.74, 6) is 0.517. The fourth-order valence-corrected chi connectivity index (χ4v) is 2.80. The van der Waals surface area contributed by atoms with Crippen LogP contribution in [0.5, 0.6) is 5.75 Å². The molecule has 120 valence electrons. The largest absolute Gasteiger partial charge is 0.497 e. The van der Waals surface area contributed by atoms with Crippen LogP contribution in [0.25, 0.3) is 0 Å². The Hall–Kier alpha value is -2.56. The molecule has 0 bridgehead atoms. The number of anilines is 2. The first kappa shape index (κ1) is 15.3. The first-order valence-electron chi connectivity index (χ1n) is 7.64. The lowest BCUT2D eigenvalue weighted by Gasteiger charge is -2.30. The van der Waals surface area contributed by atoms with Crippen LogP contribution in [0.4, 0.5) is 15.8 Å². The second-order valence-electron chi connectivity index (χ2n) is 5.50. The number of carbonyl (C=O) groups excluding carboxylic acids is 1. The van der Waals surface area contributed by atoms with E-state index in [9.17, 15) is 9.18 Å². The summed E-state index contributed by atoms with van der Waals surface area (Å²) in [6, 6.07) is 11.8. The van der Waals surface area contributed by atoms with E-state index in [0.717, 1.165) is 35.5 Å². The summed E-state index contributed by atoms with van der Waals surface area (Å²) < 4.78 is 18.1. The molecule has 2 aromatic carbocycles. The van der Waals surface area contributed by atoms with Crippen LogP contribution in [0.1, 0.15) is 12.0 Å². The summed E-state index contributed by atoms with van der Waals surface area (Å²) >= 11 is 0. The van der Waals surface area contributed by atoms with Gasteiger partial charge in [-0.2, -0.15) is 0 Å². The summed E-state index contributed by atoms with van der Waals surface area (Å²) in [4.78, 5) is 14.3. The van der Waals surface area contributed by atoms with Gasteiger partial charge in [-0.05, 0) is 60.9 Å². The van der Waals surface area contributed by atoms with Crippen molar-refractivity contribution in [1.29, 1.82) is 0 Å². The van der Waals surface area contributed by atoms with E-state index < -0.39 is 0 Å². The lowest BCUT2D eigenvalue weighted by atomic mass is 10.0. The van der Waals surface area contributed by atoms with Crippen molar-refractivity contribution in [3.63, 3.8) is 0 Å². The molecule has 0 aliphatic carbocycles. The summed E-state index contributed by atoms with van der Waals surface area (Å²) in [5.41, 5.74) is 2.81. The van der Waals surface area contributed by atoms with Gasteiger partial charge in [-0.25, -0.2) is 4.39 Å². The number of halogens is 1. The van der Waals surface area contributed by atoms with Crippen LogP contribution >= 0.6 is 0 Å². The average Bonchev–Trinajstić information content (AvgIpc) is 2.60. The molecule has 0 spiro atoms. The zero-order chi connectivity index (χ0) is 16.2. The monoisotopic (exact) mass is 314 g/mol. The third-order valence-electron chi connectivity index (χ3n) is 3.99. The predicted octanol–water partition coefficient (Wildman–Crippen LogP) is 3.23. The van der Waals surface area contributed by atoms with Gasteiger partial charge in [0.1, 0.15) is 11.6 Å². The smallest absolute Gasteiger partial charge is 0.246 e. The average molecular weight is 314 g/mol. The van der Waals surface area contributed by atoms with Crippen molar-refractivity contribution >= 4 is 17.3 Å². The number of nitrogens with one attached hydrogen (secondary N) is 1. The van der Waals surface area contributed by atoms with Crippen molar-refractivity contribution in [2.75, 3.05) is 30.4 Å². The fourth-order valence-electron chi connectivity index (χ4n) is 2.80. The third kappa shape index (κ3) is 3.44. The molecule has 1 heterocycles. The maximum Gasteiger partial charge on any atom is 0.246 e. The molecule has 1 aliphatic rings. The zero-order valence-electron chi connectivity index (χ0n) is 13.0. The Balaban J connectivity index is 1.70. The van der Waals surface area contributed by atoms with Gasteiger partial charge in [0, 0.05) is 17.9 Å². The van der Waals surface area contributed by atoms with Crippen LogP contribution in [-0.4, -0.2) is 26.1 Å². The number of aryl methyl sites for hydroxylation is 1. The van der Waals surface area contributed by atoms with Crippen LogP contribution in [0.15, 0.2) is 42.5 Å². The molecule has 2 aromatic rings. The summed E-state index contributed by atoms with van der Waals surface area (Å²) in [5, 5.41) is 3.04. The van der Waals surface area contributed by atoms with E-state index in [0.29, 0.717) is 6.54 Å². The van der Waals surface area contributed by atoms with E-state index in [1.165, 1.54) is 12.1 Å². The highest BCUT2D eigenvalue weighted by molar-refractivity contribution is 5.97. The first-order valence-corrected chi connectivity index (χ1v) is 7.64. The van der Waals surface area contributed by atoms with Gasteiger partial charge in [0.05, 0.1) is 13.7 Å². The quantitative estimate of drug-likeness (QED) is 0.942. The van der Waals surface area contributed by atoms with Gasteiger partial charge in [0.15, 0.2) is 0 Å². The van der Waals surface area contributed by atoms with E-state index in [4.69, 9.17) is 4.74 Å². The zero-order valence-corrected chi connectivity index (χ0v) is 13.0. The molecule has 0 radical (unpaired) electrons. The minimum Gasteiger partial charge on any atom is -0.497 e. The molecule has 0 unspecified atom stereocenters. The molecule has 0 saturated carbocycles.